The van der Waals surface area contributed by atoms with Gasteiger partial charge < -0.3 is 14.6 Å². The van der Waals surface area contributed by atoms with Gasteiger partial charge in [0.2, 0.25) is 5.75 Å². The fourth-order valence-electron chi connectivity index (χ4n) is 1.93. The predicted octanol–water partition coefficient (Wildman–Crippen LogP) is 2.80. The van der Waals surface area contributed by atoms with Gasteiger partial charge in [0, 0.05) is 6.54 Å². The number of methoxy groups -OCH3 is 2. The highest BCUT2D eigenvalue weighted by Gasteiger charge is 2.31. The smallest absolute Gasteiger partial charge is 0.266 e. The summed E-state index contributed by atoms with van der Waals surface area (Å²) in [5, 5.41) is 9.90. The van der Waals surface area contributed by atoms with Crippen molar-refractivity contribution in [2.75, 3.05) is 20.8 Å². The second-order valence-electron chi connectivity index (χ2n) is 4.36. The molecule has 0 aromatic heterocycles. The van der Waals surface area contributed by atoms with Gasteiger partial charge in [-0.05, 0) is 23.8 Å². The maximum absolute atomic E-state index is 12.3. The lowest BCUT2D eigenvalue weighted by Crippen LogP contribution is -2.27. The van der Waals surface area contributed by atoms with Gasteiger partial charge in [-0.3, -0.25) is 9.69 Å². The number of phenolic OH excluding ortho intramolecular Hbond substituents is 1. The van der Waals surface area contributed by atoms with Gasteiger partial charge in [0.1, 0.15) is 4.32 Å². The van der Waals surface area contributed by atoms with Crippen LogP contribution in [0.25, 0.3) is 6.08 Å². The summed E-state index contributed by atoms with van der Waals surface area (Å²) in [5.74, 6) is 0.293. The molecule has 1 aliphatic rings. The zero-order chi connectivity index (χ0) is 16.3. The van der Waals surface area contributed by atoms with E-state index in [1.165, 1.54) is 30.9 Å². The highest BCUT2D eigenvalue weighted by atomic mass is 32.2. The molecule has 0 spiro atoms. The monoisotopic (exact) mass is 337 g/mol. The lowest BCUT2D eigenvalue weighted by molar-refractivity contribution is -0.121. The van der Waals surface area contributed by atoms with Gasteiger partial charge >= 0.3 is 0 Å². The van der Waals surface area contributed by atoms with E-state index in [2.05, 4.69) is 6.58 Å². The number of hydrogen-bond donors (Lipinski definition) is 1. The van der Waals surface area contributed by atoms with Gasteiger partial charge in [0.05, 0.1) is 19.1 Å². The summed E-state index contributed by atoms with van der Waals surface area (Å²) in [5.41, 5.74) is 0.672. The van der Waals surface area contributed by atoms with Gasteiger partial charge in [-0.1, -0.05) is 30.1 Å². The summed E-state index contributed by atoms with van der Waals surface area (Å²) in [7, 11) is 2.89. The first kappa shape index (κ1) is 16.4. The molecule has 1 heterocycles. The molecule has 0 bridgehead atoms. The molecular formula is C15H15NO4S2. The van der Waals surface area contributed by atoms with E-state index in [-0.39, 0.29) is 23.2 Å². The number of amides is 1. The van der Waals surface area contributed by atoms with Crippen molar-refractivity contribution in [3.63, 3.8) is 0 Å². The van der Waals surface area contributed by atoms with Crippen molar-refractivity contribution in [2.45, 2.75) is 0 Å². The van der Waals surface area contributed by atoms with Gasteiger partial charge in [-0.2, -0.15) is 0 Å². The number of ether oxygens (including phenoxy) is 2. The number of carbonyl (C=O) groups is 1. The maximum atomic E-state index is 12.3. The number of nitrogens with zero attached hydrogens (tertiary/aromatic N) is 1. The fourth-order valence-corrected chi connectivity index (χ4v) is 3.21. The normalized spacial score (nSPS) is 16.3. The Balaban J connectivity index is 2.39. The molecule has 2 rings (SSSR count). The van der Waals surface area contributed by atoms with Crippen molar-refractivity contribution in [3.8, 4) is 17.2 Å². The maximum Gasteiger partial charge on any atom is 0.266 e. The van der Waals surface area contributed by atoms with Crippen molar-refractivity contribution < 1.29 is 19.4 Å². The Morgan fingerprint density at radius 3 is 2.45 bits per heavy atom. The second kappa shape index (κ2) is 6.85. The SMILES string of the molecule is C=CCN1C(=O)C(=Cc2cc(OC)c(O)c(OC)c2)SC1=S. The average Bonchev–Trinajstić information content (AvgIpc) is 2.76. The van der Waals surface area contributed by atoms with Crippen molar-refractivity contribution in [3.05, 3.63) is 35.3 Å². The van der Waals surface area contributed by atoms with Crippen LogP contribution in [0.3, 0.4) is 0 Å². The number of carbonyl (C=O) groups excluding carboxylic acids is 1. The Labute approximate surface area is 138 Å². The van der Waals surface area contributed by atoms with Crippen molar-refractivity contribution in [1.29, 1.82) is 0 Å². The zero-order valence-corrected chi connectivity index (χ0v) is 13.8. The topological polar surface area (TPSA) is 59.0 Å². The predicted molar refractivity (Wildman–Crippen MR) is 91.3 cm³/mol. The van der Waals surface area contributed by atoms with Gasteiger partial charge in [0.15, 0.2) is 11.5 Å². The average molecular weight is 337 g/mol. The molecule has 1 aromatic rings. The van der Waals surface area contributed by atoms with E-state index in [1.54, 1.807) is 24.3 Å². The summed E-state index contributed by atoms with van der Waals surface area (Å²) >= 11 is 6.41. The third-order valence-corrected chi connectivity index (χ3v) is 4.36. The Hall–Kier alpha value is -1.99. The van der Waals surface area contributed by atoms with Crippen LogP contribution in [0.1, 0.15) is 5.56 Å². The lowest BCUT2D eigenvalue weighted by atomic mass is 10.1. The molecule has 0 aliphatic carbocycles. The standard InChI is InChI=1S/C15H15NO4S2/c1-4-5-16-14(18)12(22-15(16)21)8-9-6-10(19-2)13(17)11(7-9)20-3/h4,6-8,17H,1,5H2,2-3H3. The van der Waals surface area contributed by atoms with Crippen LogP contribution in [-0.4, -0.2) is 41.0 Å². The van der Waals surface area contributed by atoms with E-state index in [0.29, 0.717) is 21.3 Å². The summed E-state index contributed by atoms with van der Waals surface area (Å²) in [6, 6.07) is 3.25. The molecule has 1 N–H and O–H groups in total. The molecule has 1 aliphatic heterocycles. The van der Waals surface area contributed by atoms with Crippen LogP contribution >= 0.6 is 24.0 Å². The molecule has 0 radical (unpaired) electrons. The summed E-state index contributed by atoms with van der Waals surface area (Å²) < 4.78 is 10.7. The van der Waals surface area contributed by atoms with E-state index in [1.807, 2.05) is 0 Å². The highest BCUT2D eigenvalue weighted by Crippen LogP contribution is 2.39. The number of aromatic hydroxyl groups is 1. The summed E-state index contributed by atoms with van der Waals surface area (Å²) in [4.78, 5) is 14.3. The zero-order valence-electron chi connectivity index (χ0n) is 12.2. The molecule has 0 unspecified atom stereocenters. The van der Waals surface area contributed by atoms with Crippen LogP contribution in [0.2, 0.25) is 0 Å². The molecule has 116 valence electrons. The fraction of sp³-hybridized carbons (Fsp3) is 0.200. The Morgan fingerprint density at radius 2 is 1.95 bits per heavy atom. The molecule has 22 heavy (non-hydrogen) atoms. The molecule has 1 amide bonds. The second-order valence-corrected chi connectivity index (χ2v) is 6.03. The Bertz CT molecular complexity index is 645. The van der Waals surface area contributed by atoms with Crippen LogP contribution in [0, 0.1) is 0 Å². The number of thioether (sulfide) groups is 1. The first-order chi connectivity index (χ1) is 10.5. The van der Waals surface area contributed by atoms with Gasteiger partial charge in [0.25, 0.3) is 5.91 Å². The van der Waals surface area contributed by atoms with Gasteiger partial charge in [-0.15, -0.1) is 6.58 Å². The minimum absolute atomic E-state index is 0.0821. The minimum Gasteiger partial charge on any atom is -0.502 e. The molecular weight excluding hydrogens is 322 g/mol. The van der Waals surface area contributed by atoms with Crippen LogP contribution in [-0.2, 0) is 4.79 Å². The van der Waals surface area contributed by atoms with Gasteiger partial charge in [-0.25, -0.2) is 0 Å². The number of phenols is 1. The molecule has 5 nitrogen and oxygen atoms in total. The van der Waals surface area contributed by atoms with E-state index in [4.69, 9.17) is 21.7 Å². The number of thiocarbonyl (C=S) groups is 1. The lowest BCUT2D eigenvalue weighted by Gasteiger charge is -2.11. The Morgan fingerprint density at radius 1 is 1.36 bits per heavy atom. The van der Waals surface area contributed by atoms with Crippen molar-refractivity contribution in [2.24, 2.45) is 0 Å². The molecule has 0 atom stereocenters. The molecule has 0 saturated carbocycles. The van der Waals surface area contributed by atoms with E-state index >= 15 is 0 Å². The van der Waals surface area contributed by atoms with Crippen LogP contribution < -0.4 is 9.47 Å². The number of hydrogen-bond acceptors (Lipinski definition) is 6. The number of benzene rings is 1. The molecule has 1 fully saturated rings. The van der Waals surface area contributed by atoms with Crippen LogP contribution in [0.15, 0.2) is 29.7 Å². The highest BCUT2D eigenvalue weighted by molar-refractivity contribution is 8.26. The minimum atomic E-state index is -0.166. The third kappa shape index (κ3) is 3.10. The summed E-state index contributed by atoms with van der Waals surface area (Å²) in [6.45, 7) is 3.99. The van der Waals surface area contributed by atoms with E-state index < -0.39 is 0 Å². The molecule has 7 heteroatoms. The Kier molecular flexibility index (Phi) is 5.10. The summed E-state index contributed by atoms with van der Waals surface area (Å²) in [6.07, 6.45) is 3.31. The van der Waals surface area contributed by atoms with Crippen LogP contribution in [0.5, 0.6) is 17.2 Å². The quantitative estimate of drug-likeness (QED) is 0.506. The van der Waals surface area contributed by atoms with E-state index in [0.717, 1.165) is 0 Å². The van der Waals surface area contributed by atoms with Crippen molar-refractivity contribution in [1.82, 2.24) is 4.90 Å². The largest absolute Gasteiger partial charge is 0.502 e. The van der Waals surface area contributed by atoms with Crippen molar-refractivity contribution >= 4 is 40.3 Å². The first-order valence-corrected chi connectivity index (χ1v) is 7.55. The van der Waals surface area contributed by atoms with E-state index in [9.17, 15) is 9.90 Å². The molecule has 1 saturated heterocycles. The first-order valence-electron chi connectivity index (χ1n) is 6.33. The number of rotatable bonds is 5. The van der Waals surface area contributed by atoms with Crippen LogP contribution in [0.4, 0.5) is 0 Å². The molecule has 1 aromatic carbocycles. The third-order valence-electron chi connectivity index (χ3n) is 2.99.